The first kappa shape index (κ1) is 14.1. The van der Waals surface area contributed by atoms with Crippen molar-refractivity contribution in [1.29, 1.82) is 0 Å². The number of nitrogen functional groups attached to an aromatic ring is 1. The monoisotopic (exact) mass is 347 g/mol. The van der Waals surface area contributed by atoms with Crippen molar-refractivity contribution in [3.05, 3.63) is 57.0 Å². The van der Waals surface area contributed by atoms with Crippen molar-refractivity contribution >= 4 is 33.2 Å². The summed E-state index contributed by atoms with van der Waals surface area (Å²) < 4.78 is 32.3. The number of rotatable bonds is 3. The second-order valence-electron chi connectivity index (χ2n) is 3.84. The zero-order valence-electron chi connectivity index (χ0n) is 9.59. The van der Waals surface area contributed by atoms with E-state index < -0.39 is 11.6 Å². The van der Waals surface area contributed by atoms with Crippen molar-refractivity contribution < 1.29 is 13.5 Å². The Balaban J connectivity index is 2.21. The van der Waals surface area contributed by atoms with Crippen LogP contribution in [-0.4, -0.2) is 0 Å². The van der Waals surface area contributed by atoms with Gasteiger partial charge in [-0.15, -0.1) is 0 Å². The van der Waals surface area contributed by atoms with Crippen molar-refractivity contribution in [1.82, 2.24) is 0 Å². The Labute approximate surface area is 122 Å². The van der Waals surface area contributed by atoms with Gasteiger partial charge in [-0.05, 0) is 30.3 Å². The van der Waals surface area contributed by atoms with Gasteiger partial charge in [-0.1, -0.05) is 27.5 Å². The summed E-state index contributed by atoms with van der Waals surface area (Å²) in [6, 6.07) is 7.25. The fourth-order valence-electron chi connectivity index (χ4n) is 1.50. The van der Waals surface area contributed by atoms with Crippen LogP contribution in [0.4, 0.5) is 14.5 Å². The molecule has 0 unspecified atom stereocenters. The SMILES string of the molecule is Nc1ccc(Cl)c(COc2cc(Br)cc(F)c2F)c1. The second-order valence-corrected chi connectivity index (χ2v) is 5.16. The largest absolute Gasteiger partial charge is 0.486 e. The van der Waals surface area contributed by atoms with Gasteiger partial charge in [-0.25, -0.2) is 4.39 Å². The van der Waals surface area contributed by atoms with Crippen molar-refractivity contribution in [2.75, 3.05) is 5.73 Å². The maximum Gasteiger partial charge on any atom is 0.200 e. The molecule has 2 N–H and O–H groups in total. The third-order valence-corrected chi connectivity index (χ3v) is 3.24. The van der Waals surface area contributed by atoms with E-state index >= 15 is 0 Å². The predicted molar refractivity (Wildman–Crippen MR) is 74.3 cm³/mol. The first-order valence-corrected chi connectivity index (χ1v) is 6.45. The van der Waals surface area contributed by atoms with Gasteiger partial charge in [0.2, 0.25) is 5.82 Å². The molecule has 0 aliphatic carbocycles. The number of ether oxygens (including phenoxy) is 1. The molecule has 0 saturated carbocycles. The van der Waals surface area contributed by atoms with E-state index in [9.17, 15) is 8.78 Å². The minimum atomic E-state index is -1.04. The van der Waals surface area contributed by atoms with E-state index in [2.05, 4.69) is 15.9 Å². The Morgan fingerprint density at radius 1 is 1.21 bits per heavy atom. The van der Waals surface area contributed by atoms with Crippen LogP contribution in [0.5, 0.6) is 5.75 Å². The van der Waals surface area contributed by atoms with Crippen molar-refractivity contribution in [2.45, 2.75) is 6.61 Å². The molecule has 0 bridgehead atoms. The minimum Gasteiger partial charge on any atom is -0.486 e. The molecular formula is C13H9BrClF2NO. The summed E-state index contributed by atoms with van der Waals surface area (Å²) in [5.41, 5.74) is 6.73. The molecular weight excluding hydrogens is 340 g/mol. The standard InChI is InChI=1S/C13H9BrClF2NO/c14-8-4-11(16)13(17)12(5-8)19-6-7-3-9(18)1-2-10(7)15/h1-5H,6,18H2. The van der Waals surface area contributed by atoms with Gasteiger partial charge in [-0.2, -0.15) is 4.39 Å². The highest BCUT2D eigenvalue weighted by Gasteiger charge is 2.12. The summed E-state index contributed by atoms with van der Waals surface area (Å²) in [6.45, 7) is -0.00329. The van der Waals surface area contributed by atoms with Crippen LogP contribution in [0, 0.1) is 11.6 Å². The normalized spacial score (nSPS) is 10.5. The van der Waals surface area contributed by atoms with E-state index in [1.165, 1.54) is 6.07 Å². The number of hydrogen-bond acceptors (Lipinski definition) is 2. The van der Waals surface area contributed by atoms with Crippen molar-refractivity contribution in [3.8, 4) is 5.75 Å². The molecule has 2 rings (SSSR count). The molecule has 0 radical (unpaired) electrons. The molecule has 0 amide bonds. The number of halogens is 4. The van der Waals surface area contributed by atoms with Gasteiger partial charge < -0.3 is 10.5 Å². The van der Waals surface area contributed by atoms with Gasteiger partial charge in [0.05, 0.1) is 0 Å². The van der Waals surface area contributed by atoms with Crippen molar-refractivity contribution in [3.63, 3.8) is 0 Å². The van der Waals surface area contributed by atoms with E-state index in [1.54, 1.807) is 18.2 Å². The quantitative estimate of drug-likeness (QED) is 0.653. The molecule has 100 valence electrons. The van der Waals surface area contributed by atoms with Crippen molar-refractivity contribution in [2.24, 2.45) is 0 Å². The maximum atomic E-state index is 13.5. The van der Waals surface area contributed by atoms with Crippen LogP contribution in [0.25, 0.3) is 0 Å². The van der Waals surface area contributed by atoms with E-state index in [4.69, 9.17) is 22.1 Å². The van der Waals surface area contributed by atoms with Crippen LogP contribution >= 0.6 is 27.5 Å². The fourth-order valence-corrected chi connectivity index (χ4v) is 2.08. The first-order valence-electron chi connectivity index (χ1n) is 5.28. The number of hydrogen-bond donors (Lipinski definition) is 1. The molecule has 6 heteroatoms. The van der Waals surface area contributed by atoms with E-state index in [1.807, 2.05) is 0 Å². The Bertz CT molecular complexity index is 622. The zero-order valence-corrected chi connectivity index (χ0v) is 11.9. The lowest BCUT2D eigenvalue weighted by atomic mass is 10.2. The molecule has 0 heterocycles. The molecule has 0 spiro atoms. The van der Waals surface area contributed by atoms with Crippen LogP contribution in [0.2, 0.25) is 5.02 Å². The van der Waals surface area contributed by atoms with Crippen LogP contribution in [-0.2, 0) is 6.61 Å². The molecule has 0 saturated heterocycles. The van der Waals surface area contributed by atoms with Crippen LogP contribution < -0.4 is 10.5 Å². The van der Waals surface area contributed by atoms with Crippen LogP contribution in [0.1, 0.15) is 5.56 Å². The molecule has 2 aromatic rings. The predicted octanol–water partition coefficient (Wildman–Crippen LogP) is 4.54. The molecule has 19 heavy (non-hydrogen) atoms. The highest BCUT2D eigenvalue weighted by atomic mass is 79.9. The number of anilines is 1. The van der Waals surface area contributed by atoms with Gasteiger partial charge in [0.15, 0.2) is 11.6 Å². The smallest absolute Gasteiger partial charge is 0.200 e. The average molecular weight is 349 g/mol. The fraction of sp³-hybridized carbons (Fsp3) is 0.0769. The maximum absolute atomic E-state index is 13.5. The summed E-state index contributed by atoms with van der Waals surface area (Å²) >= 11 is 9.02. The molecule has 0 fully saturated rings. The molecule has 2 aromatic carbocycles. The van der Waals surface area contributed by atoms with Crippen LogP contribution in [0.3, 0.4) is 0 Å². The molecule has 0 aliphatic rings. The molecule has 0 aromatic heterocycles. The zero-order chi connectivity index (χ0) is 14.0. The van der Waals surface area contributed by atoms with E-state index in [0.717, 1.165) is 6.07 Å². The summed E-state index contributed by atoms with van der Waals surface area (Å²) in [6.07, 6.45) is 0. The highest BCUT2D eigenvalue weighted by Crippen LogP contribution is 2.27. The highest BCUT2D eigenvalue weighted by molar-refractivity contribution is 9.10. The molecule has 0 aliphatic heterocycles. The molecule has 0 atom stereocenters. The Morgan fingerprint density at radius 3 is 2.68 bits per heavy atom. The van der Waals surface area contributed by atoms with Gasteiger partial charge >= 0.3 is 0 Å². The van der Waals surface area contributed by atoms with E-state index in [-0.39, 0.29) is 12.4 Å². The Kier molecular flexibility index (Phi) is 4.27. The lowest BCUT2D eigenvalue weighted by Gasteiger charge is -2.10. The third-order valence-electron chi connectivity index (χ3n) is 2.41. The summed E-state index contributed by atoms with van der Waals surface area (Å²) in [5.74, 6) is -2.21. The lowest BCUT2D eigenvalue weighted by molar-refractivity contribution is 0.284. The number of nitrogens with two attached hydrogens (primary N) is 1. The Hall–Kier alpha value is -1.33. The summed E-state index contributed by atoms with van der Waals surface area (Å²) in [4.78, 5) is 0. The van der Waals surface area contributed by atoms with Gasteiger partial charge in [0, 0.05) is 20.7 Å². The summed E-state index contributed by atoms with van der Waals surface area (Å²) in [5, 5.41) is 0.449. The first-order chi connectivity index (χ1) is 8.97. The summed E-state index contributed by atoms with van der Waals surface area (Å²) in [7, 11) is 0. The van der Waals surface area contributed by atoms with E-state index in [0.29, 0.717) is 20.7 Å². The third kappa shape index (κ3) is 3.36. The average Bonchev–Trinajstić information content (AvgIpc) is 2.35. The Morgan fingerprint density at radius 2 is 1.95 bits per heavy atom. The lowest BCUT2D eigenvalue weighted by Crippen LogP contribution is -2.00. The topological polar surface area (TPSA) is 35.2 Å². The van der Waals surface area contributed by atoms with Gasteiger partial charge in [0.1, 0.15) is 6.61 Å². The minimum absolute atomic E-state index is 0.00329. The van der Waals surface area contributed by atoms with Gasteiger partial charge in [-0.3, -0.25) is 0 Å². The van der Waals surface area contributed by atoms with Gasteiger partial charge in [0.25, 0.3) is 0 Å². The molecule has 2 nitrogen and oxygen atoms in total. The number of benzene rings is 2. The van der Waals surface area contributed by atoms with Crippen LogP contribution in [0.15, 0.2) is 34.8 Å². The second kappa shape index (κ2) is 5.75.